The first kappa shape index (κ1) is 25.2. The van der Waals surface area contributed by atoms with Gasteiger partial charge in [0.1, 0.15) is 12.5 Å². The van der Waals surface area contributed by atoms with Crippen LogP contribution in [0.2, 0.25) is 0 Å². The number of benzene rings is 1. The number of nitrogens with two attached hydrogens (primary N) is 1. The molecule has 1 aliphatic carbocycles. The van der Waals surface area contributed by atoms with Crippen LogP contribution >= 0.6 is 0 Å². The Bertz CT molecular complexity index is 692. The van der Waals surface area contributed by atoms with Crippen molar-refractivity contribution >= 4 is 11.7 Å². The van der Waals surface area contributed by atoms with Crippen molar-refractivity contribution < 1.29 is 19.5 Å². The summed E-state index contributed by atoms with van der Waals surface area (Å²) in [6.07, 6.45) is 9.77. The van der Waals surface area contributed by atoms with Gasteiger partial charge in [0.05, 0.1) is 12.3 Å². The summed E-state index contributed by atoms with van der Waals surface area (Å²) in [4.78, 5) is 11.3. The van der Waals surface area contributed by atoms with E-state index in [4.69, 9.17) is 15.2 Å². The van der Waals surface area contributed by atoms with Gasteiger partial charge >= 0.3 is 5.97 Å². The number of hydrogen-bond acceptors (Lipinski definition) is 6. The van der Waals surface area contributed by atoms with E-state index in [9.17, 15) is 10.0 Å². The second-order valence-corrected chi connectivity index (χ2v) is 8.79. The number of nitrogens with zero attached hydrogens (tertiary/aromatic N) is 1. The summed E-state index contributed by atoms with van der Waals surface area (Å²) in [6, 6.07) is 8.11. The van der Waals surface area contributed by atoms with Crippen LogP contribution in [0.5, 0.6) is 5.75 Å². The van der Waals surface area contributed by atoms with Crippen molar-refractivity contribution in [3.8, 4) is 5.75 Å². The van der Waals surface area contributed by atoms with Crippen LogP contribution in [0, 0.1) is 24.7 Å². The minimum absolute atomic E-state index is 0.0352. The highest BCUT2D eigenvalue weighted by Gasteiger charge is 2.37. The van der Waals surface area contributed by atoms with Crippen LogP contribution in [-0.2, 0) is 9.53 Å². The molecule has 0 radical (unpaired) electrons. The number of aryl methyl sites for hydroxylation is 1. The van der Waals surface area contributed by atoms with E-state index in [1.807, 2.05) is 18.2 Å². The Balaban J connectivity index is 1.68. The first-order chi connectivity index (χ1) is 15.1. The quantitative estimate of drug-likeness (QED) is 0.134. The highest BCUT2D eigenvalue weighted by Crippen LogP contribution is 2.41. The minimum Gasteiger partial charge on any atom is -0.493 e. The predicted molar refractivity (Wildman–Crippen MR) is 123 cm³/mol. The van der Waals surface area contributed by atoms with E-state index in [0.29, 0.717) is 24.2 Å². The Morgan fingerprint density at radius 3 is 2.61 bits per heavy atom. The molecule has 0 heterocycles. The van der Waals surface area contributed by atoms with Crippen LogP contribution in [-0.4, -0.2) is 30.2 Å². The number of para-hydroxylation sites is 1. The Morgan fingerprint density at radius 1 is 1.13 bits per heavy atom. The number of esters is 1. The summed E-state index contributed by atoms with van der Waals surface area (Å²) < 4.78 is 10.7. The lowest BCUT2D eigenvalue weighted by molar-refractivity contribution is -0.143. The van der Waals surface area contributed by atoms with Gasteiger partial charge in [-0.25, -0.2) is 0 Å². The first-order valence-electron chi connectivity index (χ1n) is 11.8. The molecule has 31 heavy (non-hydrogen) atoms. The standard InChI is InChI=1S/C25H40N2O4/c1-19-11-7-8-14-24(19)30-16-10-9-13-22-21(20(2)17-23(22)27-29)12-5-3-4-6-15-25(28)31-18-26/h7-8,11,14,20-22,29H,3-6,9-10,12-13,15-18,26H2,1-2H3/b27-23-/t20?,21-,22+/m0/s1. The lowest BCUT2D eigenvalue weighted by Crippen LogP contribution is -2.17. The van der Waals surface area contributed by atoms with Crippen LogP contribution in [0.4, 0.5) is 0 Å². The van der Waals surface area contributed by atoms with Gasteiger partial charge in [-0.15, -0.1) is 0 Å². The van der Waals surface area contributed by atoms with Crippen LogP contribution in [0.25, 0.3) is 0 Å². The van der Waals surface area contributed by atoms with Crippen LogP contribution in [0.15, 0.2) is 29.4 Å². The number of ether oxygens (including phenoxy) is 2. The molecule has 0 aliphatic heterocycles. The number of carbonyl (C=O) groups is 1. The topological polar surface area (TPSA) is 94.1 Å². The largest absolute Gasteiger partial charge is 0.493 e. The van der Waals surface area contributed by atoms with E-state index in [-0.39, 0.29) is 12.7 Å². The normalized spacial score (nSPS) is 22.0. The zero-order valence-electron chi connectivity index (χ0n) is 19.2. The molecule has 1 fully saturated rings. The molecule has 1 aliphatic rings. The molecule has 1 aromatic rings. The molecule has 174 valence electrons. The number of rotatable bonds is 14. The van der Waals surface area contributed by atoms with Gasteiger partial charge in [-0.3, -0.25) is 10.5 Å². The van der Waals surface area contributed by atoms with E-state index in [2.05, 4.69) is 25.1 Å². The van der Waals surface area contributed by atoms with Gasteiger partial charge in [-0.1, -0.05) is 49.5 Å². The minimum atomic E-state index is -0.206. The van der Waals surface area contributed by atoms with Crippen LogP contribution < -0.4 is 10.5 Å². The van der Waals surface area contributed by atoms with Gasteiger partial charge in [0.15, 0.2) is 0 Å². The summed E-state index contributed by atoms with van der Waals surface area (Å²) in [7, 11) is 0. The molecule has 3 N–H and O–H groups in total. The first-order valence-corrected chi connectivity index (χ1v) is 11.8. The fourth-order valence-electron chi connectivity index (χ4n) is 4.79. The van der Waals surface area contributed by atoms with Crippen molar-refractivity contribution in [2.75, 3.05) is 13.3 Å². The van der Waals surface area contributed by atoms with Gasteiger partial charge < -0.3 is 14.7 Å². The molecule has 1 aromatic carbocycles. The molecule has 1 unspecified atom stereocenters. The monoisotopic (exact) mass is 432 g/mol. The van der Waals surface area contributed by atoms with Crippen molar-refractivity contribution in [2.45, 2.75) is 78.1 Å². The molecule has 3 atom stereocenters. The van der Waals surface area contributed by atoms with Crippen LogP contribution in [0.3, 0.4) is 0 Å². The fourth-order valence-corrected chi connectivity index (χ4v) is 4.79. The number of hydrogen-bond donors (Lipinski definition) is 2. The average molecular weight is 433 g/mol. The molecule has 0 spiro atoms. The molecule has 0 bridgehead atoms. The second kappa shape index (κ2) is 14.1. The van der Waals surface area contributed by atoms with Crippen molar-refractivity contribution in [3.63, 3.8) is 0 Å². The predicted octanol–water partition coefficient (Wildman–Crippen LogP) is 5.45. The third kappa shape index (κ3) is 8.52. The third-order valence-electron chi connectivity index (χ3n) is 6.51. The van der Waals surface area contributed by atoms with Gasteiger partial charge in [-0.2, -0.15) is 0 Å². The van der Waals surface area contributed by atoms with Gasteiger partial charge in [0.2, 0.25) is 0 Å². The van der Waals surface area contributed by atoms with Crippen molar-refractivity contribution in [1.82, 2.24) is 0 Å². The molecule has 6 heteroatoms. The molecule has 0 saturated heterocycles. The Hall–Kier alpha value is -2.08. The zero-order chi connectivity index (χ0) is 22.5. The maximum atomic E-state index is 11.3. The van der Waals surface area contributed by atoms with Gasteiger partial charge in [-0.05, 0) is 68.9 Å². The smallest absolute Gasteiger partial charge is 0.307 e. The molecule has 6 nitrogen and oxygen atoms in total. The third-order valence-corrected chi connectivity index (χ3v) is 6.51. The maximum Gasteiger partial charge on any atom is 0.307 e. The molecule has 1 saturated carbocycles. The summed E-state index contributed by atoms with van der Waals surface area (Å²) in [5, 5.41) is 13.1. The highest BCUT2D eigenvalue weighted by atomic mass is 16.5. The Morgan fingerprint density at radius 2 is 1.87 bits per heavy atom. The number of oxime groups is 1. The van der Waals surface area contributed by atoms with Crippen molar-refractivity contribution in [2.24, 2.45) is 28.6 Å². The van der Waals surface area contributed by atoms with Gasteiger partial charge in [0, 0.05) is 12.3 Å². The lowest BCUT2D eigenvalue weighted by Gasteiger charge is -2.22. The zero-order valence-corrected chi connectivity index (χ0v) is 19.2. The second-order valence-electron chi connectivity index (χ2n) is 8.79. The molecule has 2 rings (SSSR count). The number of carbonyl (C=O) groups excluding carboxylic acids is 1. The fraction of sp³-hybridized carbons (Fsp3) is 0.680. The summed E-state index contributed by atoms with van der Waals surface area (Å²) in [5.74, 6) is 2.26. The SMILES string of the molecule is Cc1ccccc1OCCCC[C@H]1/C(=N\O)CC(C)[C@@H]1CCCCCCC(=O)OCN. The van der Waals surface area contributed by atoms with E-state index in [0.717, 1.165) is 81.4 Å². The summed E-state index contributed by atoms with van der Waals surface area (Å²) in [6.45, 7) is 5.03. The lowest BCUT2D eigenvalue weighted by atomic mass is 9.83. The van der Waals surface area contributed by atoms with E-state index in [1.54, 1.807) is 0 Å². The van der Waals surface area contributed by atoms with Gasteiger partial charge in [0.25, 0.3) is 0 Å². The summed E-state index contributed by atoms with van der Waals surface area (Å²) in [5.41, 5.74) is 7.35. The van der Waals surface area contributed by atoms with E-state index >= 15 is 0 Å². The Kier molecular flexibility index (Phi) is 11.4. The van der Waals surface area contributed by atoms with E-state index < -0.39 is 0 Å². The summed E-state index contributed by atoms with van der Waals surface area (Å²) >= 11 is 0. The molecule has 0 aromatic heterocycles. The molecular weight excluding hydrogens is 392 g/mol. The van der Waals surface area contributed by atoms with Crippen molar-refractivity contribution in [3.05, 3.63) is 29.8 Å². The van der Waals surface area contributed by atoms with Crippen LogP contribution in [0.1, 0.15) is 76.7 Å². The molecular formula is C25H40N2O4. The van der Waals surface area contributed by atoms with E-state index in [1.165, 1.54) is 0 Å². The number of unbranched alkanes of at least 4 members (excludes halogenated alkanes) is 4. The van der Waals surface area contributed by atoms with Crippen molar-refractivity contribution in [1.29, 1.82) is 0 Å². The Labute approximate surface area is 187 Å². The molecule has 0 amide bonds. The average Bonchev–Trinajstić information content (AvgIpc) is 3.06. The highest BCUT2D eigenvalue weighted by molar-refractivity contribution is 5.88. The maximum absolute atomic E-state index is 11.3.